The van der Waals surface area contributed by atoms with E-state index in [1.54, 1.807) is 0 Å². The third-order valence-corrected chi connectivity index (χ3v) is 2.39. The van der Waals surface area contributed by atoms with Crippen LogP contribution in [0.15, 0.2) is 18.2 Å². The maximum atomic E-state index is 11.6. The van der Waals surface area contributed by atoms with E-state index in [9.17, 15) is 4.79 Å². The number of aryl methyl sites for hydroxylation is 1. The van der Waals surface area contributed by atoms with E-state index in [1.807, 2.05) is 25.1 Å². The third kappa shape index (κ3) is 4.10. The zero-order valence-electron chi connectivity index (χ0n) is 11.3. The average molecular weight is 235 g/mol. The Labute approximate surface area is 103 Å². The molecule has 1 aromatic rings. The van der Waals surface area contributed by atoms with Gasteiger partial charge in [-0.1, -0.05) is 32.4 Å². The predicted octanol–water partition coefficient (Wildman–Crippen LogP) is 3.24. The monoisotopic (exact) mass is 235 g/mol. The molecule has 3 nitrogen and oxygen atoms in total. The Morgan fingerprint density at radius 3 is 2.53 bits per heavy atom. The van der Waals surface area contributed by atoms with Gasteiger partial charge in [-0.3, -0.25) is 0 Å². The maximum absolute atomic E-state index is 11.6. The first-order chi connectivity index (χ1) is 7.83. The number of anilines is 1. The van der Waals surface area contributed by atoms with Gasteiger partial charge in [0.25, 0.3) is 0 Å². The number of methoxy groups -OCH3 is 1. The van der Waals surface area contributed by atoms with Crippen LogP contribution >= 0.6 is 0 Å². The Balaban J connectivity index is 2.94. The number of carbonyl (C=O) groups excluding carboxylic acids is 1. The zero-order chi connectivity index (χ0) is 13.1. The summed E-state index contributed by atoms with van der Waals surface area (Å²) in [7, 11) is 1.40. The second kappa shape index (κ2) is 5.21. The van der Waals surface area contributed by atoms with Gasteiger partial charge in [0, 0.05) is 12.2 Å². The topological polar surface area (TPSA) is 38.3 Å². The van der Waals surface area contributed by atoms with Gasteiger partial charge in [-0.05, 0) is 24.5 Å². The number of rotatable bonds is 3. The van der Waals surface area contributed by atoms with Gasteiger partial charge in [-0.15, -0.1) is 0 Å². The van der Waals surface area contributed by atoms with Gasteiger partial charge < -0.3 is 10.1 Å². The van der Waals surface area contributed by atoms with Crippen molar-refractivity contribution in [2.45, 2.75) is 27.7 Å². The Kier molecular flexibility index (Phi) is 4.16. The standard InChI is InChI=1S/C14H21NO2/c1-10-6-7-12(15-9-14(2,3)4)11(8-10)13(16)17-5/h6-8,15H,9H2,1-5H3. The summed E-state index contributed by atoms with van der Waals surface area (Å²) in [5.74, 6) is -0.301. The normalized spacial score (nSPS) is 11.1. The molecule has 0 radical (unpaired) electrons. The molecule has 0 aliphatic heterocycles. The lowest BCUT2D eigenvalue weighted by Crippen LogP contribution is -2.20. The van der Waals surface area contributed by atoms with Gasteiger partial charge in [0.15, 0.2) is 0 Å². The van der Waals surface area contributed by atoms with Crippen molar-refractivity contribution in [2.75, 3.05) is 19.0 Å². The molecule has 94 valence electrons. The van der Waals surface area contributed by atoms with E-state index in [-0.39, 0.29) is 11.4 Å². The van der Waals surface area contributed by atoms with Crippen LogP contribution < -0.4 is 5.32 Å². The van der Waals surface area contributed by atoms with Crippen LogP contribution in [0.5, 0.6) is 0 Å². The number of nitrogens with one attached hydrogen (secondary N) is 1. The van der Waals surface area contributed by atoms with Crippen LogP contribution in [0.4, 0.5) is 5.69 Å². The van der Waals surface area contributed by atoms with Crippen LogP contribution in [0.3, 0.4) is 0 Å². The maximum Gasteiger partial charge on any atom is 0.339 e. The molecule has 0 spiro atoms. The minimum Gasteiger partial charge on any atom is -0.465 e. The summed E-state index contributed by atoms with van der Waals surface area (Å²) >= 11 is 0. The van der Waals surface area contributed by atoms with E-state index in [4.69, 9.17) is 4.74 Å². The molecule has 0 aliphatic carbocycles. The summed E-state index contributed by atoms with van der Waals surface area (Å²) in [4.78, 5) is 11.6. The summed E-state index contributed by atoms with van der Waals surface area (Å²) in [6.45, 7) is 9.20. The molecule has 0 atom stereocenters. The average Bonchev–Trinajstić information content (AvgIpc) is 2.25. The van der Waals surface area contributed by atoms with Gasteiger partial charge in [0.2, 0.25) is 0 Å². The lowest BCUT2D eigenvalue weighted by Gasteiger charge is -2.21. The smallest absolute Gasteiger partial charge is 0.339 e. The third-order valence-electron chi connectivity index (χ3n) is 2.39. The molecular formula is C14H21NO2. The Morgan fingerprint density at radius 2 is 2.00 bits per heavy atom. The molecule has 0 bridgehead atoms. The lowest BCUT2D eigenvalue weighted by molar-refractivity contribution is 0.0601. The number of esters is 1. The fourth-order valence-electron chi connectivity index (χ4n) is 1.45. The quantitative estimate of drug-likeness (QED) is 0.817. The molecule has 1 N–H and O–H groups in total. The molecule has 0 heterocycles. The predicted molar refractivity (Wildman–Crippen MR) is 70.5 cm³/mol. The summed E-state index contributed by atoms with van der Waals surface area (Å²) in [6, 6.07) is 5.75. The molecule has 0 aliphatic rings. The molecule has 1 aromatic carbocycles. The van der Waals surface area contributed by atoms with Crippen molar-refractivity contribution in [3.8, 4) is 0 Å². The largest absolute Gasteiger partial charge is 0.465 e. The molecule has 0 saturated heterocycles. The minimum atomic E-state index is -0.301. The molecule has 0 fully saturated rings. The van der Waals surface area contributed by atoms with Crippen LogP contribution in [0.2, 0.25) is 0 Å². The van der Waals surface area contributed by atoms with Crippen molar-refractivity contribution in [1.29, 1.82) is 0 Å². The summed E-state index contributed by atoms with van der Waals surface area (Å²) in [5.41, 5.74) is 2.64. The Hall–Kier alpha value is -1.51. The van der Waals surface area contributed by atoms with Crippen LogP contribution in [-0.4, -0.2) is 19.6 Å². The van der Waals surface area contributed by atoms with Crippen molar-refractivity contribution in [2.24, 2.45) is 5.41 Å². The van der Waals surface area contributed by atoms with Crippen molar-refractivity contribution in [1.82, 2.24) is 0 Å². The van der Waals surface area contributed by atoms with Gasteiger partial charge in [0.1, 0.15) is 0 Å². The number of carbonyl (C=O) groups is 1. The highest BCUT2D eigenvalue weighted by Gasteiger charge is 2.15. The highest BCUT2D eigenvalue weighted by molar-refractivity contribution is 5.95. The van der Waals surface area contributed by atoms with Gasteiger partial charge >= 0.3 is 5.97 Å². The van der Waals surface area contributed by atoms with Crippen LogP contribution in [0, 0.1) is 12.3 Å². The summed E-state index contributed by atoms with van der Waals surface area (Å²) in [6.07, 6.45) is 0. The SMILES string of the molecule is COC(=O)c1cc(C)ccc1NCC(C)(C)C. The van der Waals surface area contributed by atoms with E-state index in [0.29, 0.717) is 5.56 Å². The van der Waals surface area contributed by atoms with Crippen molar-refractivity contribution >= 4 is 11.7 Å². The van der Waals surface area contributed by atoms with Crippen molar-refractivity contribution in [3.05, 3.63) is 29.3 Å². The molecule has 3 heteroatoms. The summed E-state index contributed by atoms with van der Waals surface area (Å²) < 4.78 is 4.78. The van der Waals surface area contributed by atoms with E-state index in [2.05, 4.69) is 26.1 Å². The molecule has 0 aromatic heterocycles. The molecule has 1 rings (SSSR count). The molecule has 0 unspecified atom stereocenters. The van der Waals surface area contributed by atoms with Crippen LogP contribution in [-0.2, 0) is 4.74 Å². The first-order valence-corrected chi connectivity index (χ1v) is 5.76. The second-order valence-electron chi connectivity index (χ2n) is 5.45. The van der Waals surface area contributed by atoms with E-state index < -0.39 is 0 Å². The molecule has 17 heavy (non-hydrogen) atoms. The van der Waals surface area contributed by atoms with Crippen molar-refractivity contribution < 1.29 is 9.53 Å². The number of hydrogen-bond donors (Lipinski definition) is 1. The van der Waals surface area contributed by atoms with Gasteiger partial charge in [-0.25, -0.2) is 4.79 Å². The fourth-order valence-corrected chi connectivity index (χ4v) is 1.45. The number of ether oxygens (including phenoxy) is 1. The Morgan fingerprint density at radius 1 is 1.35 bits per heavy atom. The highest BCUT2D eigenvalue weighted by atomic mass is 16.5. The van der Waals surface area contributed by atoms with Crippen LogP contribution in [0.25, 0.3) is 0 Å². The second-order valence-corrected chi connectivity index (χ2v) is 5.45. The minimum absolute atomic E-state index is 0.165. The highest BCUT2D eigenvalue weighted by Crippen LogP contribution is 2.21. The summed E-state index contributed by atoms with van der Waals surface area (Å²) in [5, 5.41) is 3.29. The first-order valence-electron chi connectivity index (χ1n) is 5.76. The number of benzene rings is 1. The zero-order valence-corrected chi connectivity index (χ0v) is 11.3. The fraction of sp³-hybridized carbons (Fsp3) is 0.500. The van der Waals surface area contributed by atoms with Gasteiger partial charge in [0.05, 0.1) is 12.7 Å². The first kappa shape index (κ1) is 13.6. The molecular weight excluding hydrogens is 214 g/mol. The van der Waals surface area contributed by atoms with E-state index in [1.165, 1.54) is 7.11 Å². The van der Waals surface area contributed by atoms with Crippen molar-refractivity contribution in [3.63, 3.8) is 0 Å². The number of hydrogen-bond acceptors (Lipinski definition) is 3. The van der Waals surface area contributed by atoms with E-state index in [0.717, 1.165) is 17.8 Å². The van der Waals surface area contributed by atoms with Gasteiger partial charge in [-0.2, -0.15) is 0 Å². The van der Waals surface area contributed by atoms with Crippen LogP contribution in [0.1, 0.15) is 36.7 Å². The lowest BCUT2D eigenvalue weighted by atomic mass is 9.96. The van der Waals surface area contributed by atoms with E-state index >= 15 is 0 Å². The molecule has 0 amide bonds. The Bertz CT molecular complexity index is 405. The molecule has 0 saturated carbocycles.